The molecule has 0 bridgehead atoms. The first kappa shape index (κ1) is 14.1. The highest BCUT2D eigenvalue weighted by Gasteiger charge is 2.06. The molecular formula is C16H19N3O. The molecule has 0 unspecified atom stereocenters. The van der Waals surface area contributed by atoms with Crippen LogP contribution in [0.3, 0.4) is 0 Å². The third-order valence-electron chi connectivity index (χ3n) is 2.97. The van der Waals surface area contributed by atoms with Gasteiger partial charge < -0.3 is 0 Å². The van der Waals surface area contributed by atoms with Crippen LogP contribution in [0.2, 0.25) is 0 Å². The van der Waals surface area contributed by atoms with E-state index in [2.05, 4.69) is 22.8 Å². The molecule has 2 rings (SSSR count). The van der Waals surface area contributed by atoms with Crippen LogP contribution in [0.25, 0.3) is 0 Å². The Labute approximate surface area is 119 Å². The number of hydrogen-bond donors (Lipinski definition) is 2. The molecule has 2 N–H and O–H groups in total. The number of aromatic nitrogens is 1. The number of unbranched alkanes of at least 4 members (excludes halogenated alkanes) is 1. The van der Waals surface area contributed by atoms with Crippen LogP contribution >= 0.6 is 0 Å². The molecule has 0 aliphatic carbocycles. The number of hydrogen-bond acceptors (Lipinski definition) is 3. The van der Waals surface area contributed by atoms with E-state index in [0.29, 0.717) is 5.69 Å². The van der Waals surface area contributed by atoms with Crippen molar-refractivity contribution in [3.8, 4) is 0 Å². The van der Waals surface area contributed by atoms with Crippen LogP contribution < -0.4 is 10.9 Å². The van der Waals surface area contributed by atoms with Crippen molar-refractivity contribution in [1.82, 2.24) is 10.4 Å². The van der Waals surface area contributed by atoms with E-state index in [4.69, 9.17) is 0 Å². The summed E-state index contributed by atoms with van der Waals surface area (Å²) in [5, 5.41) is 0. The summed E-state index contributed by atoms with van der Waals surface area (Å²) in [5.41, 5.74) is 7.89. The summed E-state index contributed by atoms with van der Waals surface area (Å²) >= 11 is 0. The van der Waals surface area contributed by atoms with Gasteiger partial charge in [0.15, 0.2) is 0 Å². The van der Waals surface area contributed by atoms with E-state index in [1.165, 1.54) is 5.56 Å². The first-order valence-electron chi connectivity index (χ1n) is 6.86. The summed E-state index contributed by atoms with van der Waals surface area (Å²) in [5.74, 6) is -0.240. The van der Waals surface area contributed by atoms with Crippen molar-refractivity contribution in [3.05, 3.63) is 59.9 Å². The lowest BCUT2D eigenvalue weighted by Crippen LogP contribution is -2.29. The number of carbonyl (C=O) groups excluding carboxylic acids is 1. The molecule has 0 aliphatic heterocycles. The zero-order valence-corrected chi connectivity index (χ0v) is 11.6. The van der Waals surface area contributed by atoms with Gasteiger partial charge in [-0.2, -0.15) is 0 Å². The quantitative estimate of drug-likeness (QED) is 0.792. The Hall–Kier alpha value is -2.36. The van der Waals surface area contributed by atoms with Crippen molar-refractivity contribution in [2.75, 3.05) is 5.43 Å². The van der Waals surface area contributed by atoms with Gasteiger partial charge in [0.05, 0.1) is 5.69 Å². The summed E-state index contributed by atoms with van der Waals surface area (Å²) in [6.07, 6.45) is 5.08. The zero-order valence-electron chi connectivity index (χ0n) is 11.6. The zero-order chi connectivity index (χ0) is 14.2. The van der Waals surface area contributed by atoms with Gasteiger partial charge in [-0.15, -0.1) is 0 Å². The van der Waals surface area contributed by atoms with E-state index < -0.39 is 0 Å². The van der Waals surface area contributed by atoms with Crippen molar-refractivity contribution >= 4 is 11.6 Å². The average Bonchev–Trinajstić information content (AvgIpc) is 2.52. The van der Waals surface area contributed by atoms with Crippen molar-refractivity contribution in [2.45, 2.75) is 26.2 Å². The predicted octanol–water partition coefficient (Wildman–Crippen LogP) is 3.18. The summed E-state index contributed by atoms with van der Waals surface area (Å²) < 4.78 is 0. The SMILES string of the molecule is CCCCc1ccc(C(=O)NNc2ccccc2)nc1. The molecule has 4 nitrogen and oxygen atoms in total. The second-order valence-corrected chi connectivity index (χ2v) is 4.60. The molecule has 20 heavy (non-hydrogen) atoms. The molecular weight excluding hydrogens is 250 g/mol. The Bertz CT molecular complexity index is 537. The molecule has 0 radical (unpaired) electrons. The number of rotatable bonds is 6. The average molecular weight is 269 g/mol. The number of benzene rings is 1. The molecule has 0 saturated carbocycles. The third kappa shape index (κ3) is 4.09. The summed E-state index contributed by atoms with van der Waals surface area (Å²) in [6, 6.07) is 13.2. The van der Waals surface area contributed by atoms with Crippen LogP contribution in [0.4, 0.5) is 5.69 Å². The first-order valence-corrected chi connectivity index (χ1v) is 6.86. The second kappa shape index (κ2) is 7.28. The van der Waals surface area contributed by atoms with Crippen molar-refractivity contribution in [1.29, 1.82) is 0 Å². The van der Waals surface area contributed by atoms with E-state index in [0.717, 1.165) is 24.9 Å². The maximum Gasteiger partial charge on any atom is 0.288 e. The number of amides is 1. The lowest BCUT2D eigenvalue weighted by Gasteiger charge is -2.08. The Morgan fingerprint density at radius 1 is 1.15 bits per heavy atom. The highest BCUT2D eigenvalue weighted by Crippen LogP contribution is 2.06. The van der Waals surface area contributed by atoms with Gasteiger partial charge in [0.25, 0.3) is 5.91 Å². The van der Waals surface area contributed by atoms with Crippen molar-refractivity contribution in [3.63, 3.8) is 0 Å². The maximum absolute atomic E-state index is 11.9. The molecule has 0 spiro atoms. The molecule has 1 heterocycles. The minimum absolute atomic E-state index is 0.240. The molecule has 1 aromatic carbocycles. The van der Waals surface area contributed by atoms with E-state index in [-0.39, 0.29) is 5.91 Å². The number of nitrogens with one attached hydrogen (secondary N) is 2. The summed E-state index contributed by atoms with van der Waals surface area (Å²) in [4.78, 5) is 16.1. The fraction of sp³-hybridized carbons (Fsp3) is 0.250. The second-order valence-electron chi connectivity index (χ2n) is 4.60. The van der Waals surface area contributed by atoms with Gasteiger partial charge in [-0.1, -0.05) is 37.6 Å². The number of pyridine rings is 1. The number of carbonyl (C=O) groups is 1. The normalized spacial score (nSPS) is 10.1. The standard InChI is InChI=1S/C16H19N3O/c1-2-3-7-13-10-11-15(17-12-13)16(20)19-18-14-8-5-4-6-9-14/h4-6,8-12,18H,2-3,7H2,1H3,(H,19,20). The number of nitrogens with zero attached hydrogens (tertiary/aromatic N) is 1. The van der Waals surface area contributed by atoms with Crippen LogP contribution in [0.5, 0.6) is 0 Å². The highest BCUT2D eigenvalue weighted by molar-refractivity contribution is 5.92. The Morgan fingerprint density at radius 3 is 2.60 bits per heavy atom. The number of para-hydroxylation sites is 1. The smallest absolute Gasteiger partial charge is 0.288 e. The molecule has 0 saturated heterocycles. The van der Waals surface area contributed by atoms with Crippen LogP contribution in [0.15, 0.2) is 48.7 Å². The van der Waals surface area contributed by atoms with Crippen molar-refractivity contribution < 1.29 is 4.79 Å². The number of aryl methyl sites for hydroxylation is 1. The lowest BCUT2D eigenvalue weighted by molar-refractivity contribution is 0.0957. The Balaban J connectivity index is 1.89. The molecule has 0 atom stereocenters. The molecule has 0 fully saturated rings. The van der Waals surface area contributed by atoms with E-state index in [9.17, 15) is 4.79 Å². The van der Waals surface area contributed by atoms with Crippen molar-refractivity contribution in [2.24, 2.45) is 0 Å². The van der Waals surface area contributed by atoms with Crippen LogP contribution in [-0.2, 0) is 6.42 Å². The van der Waals surface area contributed by atoms with E-state index >= 15 is 0 Å². The maximum atomic E-state index is 11.9. The molecule has 1 aromatic heterocycles. The number of anilines is 1. The van der Waals surface area contributed by atoms with Gasteiger partial charge >= 0.3 is 0 Å². The fourth-order valence-electron chi connectivity index (χ4n) is 1.80. The first-order chi connectivity index (χ1) is 9.79. The minimum atomic E-state index is -0.240. The summed E-state index contributed by atoms with van der Waals surface area (Å²) in [7, 11) is 0. The molecule has 2 aromatic rings. The van der Waals surface area contributed by atoms with Crippen LogP contribution in [-0.4, -0.2) is 10.9 Å². The van der Waals surface area contributed by atoms with Gasteiger partial charge in [0.2, 0.25) is 0 Å². The number of hydrazine groups is 1. The monoisotopic (exact) mass is 269 g/mol. The Kier molecular flexibility index (Phi) is 5.12. The largest absolute Gasteiger partial charge is 0.298 e. The molecule has 0 aliphatic rings. The highest BCUT2D eigenvalue weighted by atomic mass is 16.2. The predicted molar refractivity (Wildman–Crippen MR) is 80.4 cm³/mol. The minimum Gasteiger partial charge on any atom is -0.298 e. The van der Waals surface area contributed by atoms with E-state index in [1.54, 1.807) is 12.3 Å². The van der Waals surface area contributed by atoms with Gasteiger partial charge in [0, 0.05) is 6.20 Å². The topological polar surface area (TPSA) is 54.0 Å². The van der Waals surface area contributed by atoms with Gasteiger partial charge in [-0.05, 0) is 36.6 Å². The summed E-state index contributed by atoms with van der Waals surface area (Å²) in [6.45, 7) is 2.16. The van der Waals surface area contributed by atoms with Gasteiger partial charge in [-0.3, -0.25) is 20.6 Å². The van der Waals surface area contributed by atoms with Gasteiger partial charge in [0.1, 0.15) is 5.69 Å². The fourth-order valence-corrected chi connectivity index (χ4v) is 1.80. The lowest BCUT2D eigenvalue weighted by atomic mass is 10.1. The Morgan fingerprint density at radius 2 is 1.95 bits per heavy atom. The van der Waals surface area contributed by atoms with Crippen LogP contribution in [0.1, 0.15) is 35.8 Å². The van der Waals surface area contributed by atoms with Gasteiger partial charge in [-0.25, -0.2) is 0 Å². The molecule has 1 amide bonds. The van der Waals surface area contributed by atoms with Crippen LogP contribution in [0, 0.1) is 0 Å². The molecule has 104 valence electrons. The molecule has 4 heteroatoms. The third-order valence-corrected chi connectivity index (χ3v) is 2.97. The van der Waals surface area contributed by atoms with E-state index in [1.807, 2.05) is 36.4 Å².